The quantitative estimate of drug-likeness (QED) is 0.740. The zero-order chi connectivity index (χ0) is 10.8. The highest BCUT2D eigenvalue weighted by atomic mass is 16.2. The molecule has 0 bridgehead atoms. The van der Waals surface area contributed by atoms with Gasteiger partial charge in [0.2, 0.25) is 11.8 Å². The van der Waals surface area contributed by atoms with E-state index in [-0.39, 0.29) is 17.9 Å². The highest BCUT2D eigenvalue weighted by Crippen LogP contribution is 2.34. The van der Waals surface area contributed by atoms with Crippen LogP contribution in [-0.2, 0) is 9.59 Å². The lowest BCUT2D eigenvalue weighted by Gasteiger charge is -2.22. The van der Waals surface area contributed by atoms with E-state index in [1.54, 1.807) is 4.90 Å². The van der Waals surface area contributed by atoms with Crippen molar-refractivity contribution in [3.05, 3.63) is 0 Å². The van der Waals surface area contributed by atoms with Crippen molar-refractivity contribution in [3.63, 3.8) is 0 Å². The molecule has 4 nitrogen and oxygen atoms in total. The monoisotopic (exact) mass is 210 g/mol. The molecule has 0 aromatic carbocycles. The molecule has 0 aromatic heterocycles. The maximum absolute atomic E-state index is 11.8. The fraction of sp³-hybridized carbons (Fsp3) is 0.818. The molecular weight excluding hydrogens is 192 g/mol. The minimum absolute atomic E-state index is 0.114. The summed E-state index contributed by atoms with van der Waals surface area (Å²) in [6, 6.07) is -0.336. The highest BCUT2D eigenvalue weighted by molar-refractivity contribution is 5.87. The number of nitrogens with zero attached hydrogens (tertiary/aromatic N) is 1. The SMILES string of the molecule is NC(=O)C1CCCN1C(=O)CCC1CC1. The fourth-order valence-corrected chi connectivity index (χ4v) is 2.24. The molecule has 0 radical (unpaired) electrons. The van der Waals surface area contributed by atoms with Crippen LogP contribution in [0.1, 0.15) is 38.5 Å². The number of carbonyl (C=O) groups is 2. The maximum atomic E-state index is 11.8. The van der Waals surface area contributed by atoms with E-state index in [9.17, 15) is 9.59 Å². The lowest BCUT2D eigenvalue weighted by atomic mass is 10.2. The molecular formula is C11H18N2O2. The van der Waals surface area contributed by atoms with E-state index in [1.165, 1.54) is 12.8 Å². The predicted octanol–water partition coefficient (Wildman–Crippen LogP) is 0.653. The Hall–Kier alpha value is -1.06. The lowest BCUT2D eigenvalue weighted by molar-refractivity contribution is -0.137. The Morgan fingerprint density at radius 1 is 1.27 bits per heavy atom. The Balaban J connectivity index is 1.84. The zero-order valence-electron chi connectivity index (χ0n) is 8.95. The minimum Gasteiger partial charge on any atom is -0.368 e. The first-order valence-corrected chi connectivity index (χ1v) is 5.77. The molecule has 1 atom stereocenters. The van der Waals surface area contributed by atoms with Crippen LogP contribution in [0.25, 0.3) is 0 Å². The van der Waals surface area contributed by atoms with E-state index in [2.05, 4.69) is 0 Å². The third-order valence-corrected chi connectivity index (χ3v) is 3.36. The Kier molecular flexibility index (Phi) is 2.93. The maximum Gasteiger partial charge on any atom is 0.240 e. The molecule has 2 fully saturated rings. The molecule has 0 spiro atoms. The van der Waals surface area contributed by atoms with E-state index in [4.69, 9.17) is 5.73 Å². The van der Waals surface area contributed by atoms with Gasteiger partial charge in [0.25, 0.3) is 0 Å². The van der Waals surface area contributed by atoms with Gasteiger partial charge in [-0.05, 0) is 25.2 Å². The molecule has 1 aliphatic carbocycles. The van der Waals surface area contributed by atoms with Crippen molar-refractivity contribution in [3.8, 4) is 0 Å². The summed E-state index contributed by atoms with van der Waals surface area (Å²) < 4.78 is 0. The Labute approximate surface area is 89.8 Å². The first-order chi connectivity index (χ1) is 7.18. The minimum atomic E-state index is -0.354. The average Bonchev–Trinajstić information content (AvgIpc) is 2.88. The van der Waals surface area contributed by atoms with Gasteiger partial charge in [-0.3, -0.25) is 9.59 Å². The summed E-state index contributed by atoms with van der Waals surface area (Å²) in [6.45, 7) is 0.705. The molecule has 1 unspecified atom stereocenters. The molecule has 2 rings (SSSR count). The molecule has 2 N–H and O–H groups in total. The number of likely N-dealkylation sites (tertiary alicyclic amines) is 1. The molecule has 1 aliphatic heterocycles. The topological polar surface area (TPSA) is 63.4 Å². The number of primary amides is 1. The molecule has 4 heteroatoms. The van der Waals surface area contributed by atoms with Gasteiger partial charge in [0.15, 0.2) is 0 Å². The molecule has 2 aliphatic rings. The van der Waals surface area contributed by atoms with Crippen LogP contribution in [0.15, 0.2) is 0 Å². The molecule has 1 saturated carbocycles. The average molecular weight is 210 g/mol. The van der Waals surface area contributed by atoms with Gasteiger partial charge >= 0.3 is 0 Å². The molecule has 2 amide bonds. The first kappa shape index (κ1) is 10.5. The van der Waals surface area contributed by atoms with Crippen molar-refractivity contribution in [2.24, 2.45) is 11.7 Å². The number of rotatable bonds is 4. The Morgan fingerprint density at radius 2 is 2.00 bits per heavy atom. The van der Waals surface area contributed by atoms with Gasteiger partial charge in [0.1, 0.15) is 6.04 Å². The summed E-state index contributed by atoms with van der Waals surface area (Å²) in [5.74, 6) is 0.527. The van der Waals surface area contributed by atoms with Gasteiger partial charge < -0.3 is 10.6 Å². The van der Waals surface area contributed by atoms with Crippen LogP contribution in [0.5, 0.6) is 0 Å². The van der Waals surface area contributed by atoms with Crippen LogP contribution in [0.4, 0.5) is 0 Å². The van der Waals surface area contributed by atoms with E-state index < -0.39 is 0 Å². The molecule has 0 aromatic rings. The van der Waals surface area contributed by atoms with Crippen molar-refractivity contribution >= 4 is 11.8 Å². The summed E-state index contributed by atoms with van der Waals surface area (Å²) in [5, 5.41) is 0. The summed E-state index contributed by atoms with van der Waals surface area (Å²) in [5.41, 5.74) is 5.26. The van der Waals surface area contributed by atoms with Gasteiger partial charge in [-0.2, -0.15) is 0 Å². The van der Waals surface area contributed by atoms with Crippen molar-refractivity contribution < 1.29 is 9.59 Å². The van der Waals surface area contributed by atoms with Gasteiger partial charge in [0, 0.05) is 13.0 Å². The van der Waals surface area contributed by atoms with Gasteiger partial charge in [-0.25, -0.2) is 0 Å². The second kappa shape index (κ2) is 4.21. The third-order valence-electron chi connectivity index (χ3n) is 3.36. The van der Waals surface area contributed by atoms with Crippen molar-refractivity contribution in [1.82, 2.24) is 4.90 Å². The molecule has 84 valence electrons. The fourth-order valence-electron chi connectivity index (χ4n) is 2.24. The van der Waals surface area contributed by atoms with Crippen LogP contribution in [-0.4, -0.2) is 29.3 Å². The number of nitrogens with two attached hydrogens (primary N) is 1. The van der Waals surface area contributed by atoms with Crippen LogP contribution in [0, 0.1) is 5.92 Å². The van der Waals surface area contributed by atoms with E-state index in [0.29, 0.717) is 13.0 Å². The van der Waals surface area contributed by atoms with Gasteiger partial charge in [-0.1, -0.05) is 12.8 Å². The van der Waals surface area contributed by atoms with Crippen molar-refractivity contribution in [2.75, 3.05) is 6.54 Å². The van der Waals surface area contributed by atoms with Gasteiger partial charge in [0.05, 0.1) is 0 Å². The summed E-state index contributed by atoms with van der Waals surface area (Å²) >= 11 is 0. The normalized spacial score (nSPS) is 25.6. The van der Waals surface area contributed by atoms with Gasteiger partial charge in [-0.15, -0.1) is 0 Å². The summed E-state index contributed by atoms with van der Waals surface area (Å²) in [4.78, 5) is 24.6. The van der Waals surface area contributed by atoms with Crippen LogP contribution in [0.3, 0.4) is 0 Å². The molecule has 15 heavy (non-hydrogen) atoms. The zero-order valence-corrected chi connectivity index (χ0v) is 8.95. The van der Waals surface area contributed by atoms with Crippen molar-refractivity contribution in [1.29, 1.82) is 0 Å². The number of carbonyl (C=O) groups excluding carboxylic acids is 2. The Morgan fingerprint density at radius 3 is 2.60 bits per heavy atom. The molecule has 1 saturated heterocycles. The summed E-state index contributed by atoms with van der Waals surface area (Å²) in [7, 11) is 0. The number of hydrogen-bond donors (Lipinski definition) is 1. The van der Waals surface area contributed by atoms with Crippen LogP contribution >= 0.6 is 0 Å². The largest absolute Gasteiger partial charge is 0.368 e. The number of amides is 2. The second-order valence-electron chi connectivity index (χ2n) is 4.63. The van der Waals surface area contributed by atoms with E-state index in [1.807, 2.05) is 0 Å². The second-order valence-corrected chi connectivity index (χ2v) is 4.63. The lowest BCUT2D eigenvalue weighted by Crippen LogP contribution is -2.43. The van der Waals surface area contributed by atoms with Crippen molar-refractivity contribution in [2.45, 2.75) is 44.6 Å². The smallest absolute Gasteiger partial charge is 0.240 e. The van der Waals surface area contributed by atoms with E-state index >= 15 is 0 Å². The Bertz CT molecular complexity index is 274. The predicted molar refractivity (Wildman–Crippen MR) is 55.9 cm³/mol. The first-order valence-electron chi connectivity index (χ1n) is 5.77. The highest BCUT2D eigenvalue weighted by Gasteiger charge is 2.33. The van der Waals surface area contributed by atoms with Crippen LogP contribution in [0.2, 0.25) is 0 Å². The standard InChI is InChI=1S/C11H18N2O2/c12-11(15)9-2-1-7-13(9)10(14)6-5-8-3-4-8/h8-9H,1-7H2,(H2,12,15). The van der Waals surface area contributed by atoms with Crippen LogP contribution < -0.4 is 5.73 Å². The van der Waals surface area contributed by atoms with E-state index in [0.717, 1.165) is 25.2 Å². The summed E-state index contributed by atoms with van der Waals surface area (Å²) in [6.07, 6.45) is 5.77. The molecule has 1 heterocycles. The number of hydrogen-bond acceptors (Lipinski definition) is 2. The third kappa shape index (κ3) is 2.49.